The second-order valence-electron chi connectivity index (χ2n) is 4.64. The van der Waals surface area contributed by atoms with Crippen LogP contribution in [0.5, 0.6) is 0 Å². The minimum Gasteiger partial charge on any atom is -0.480 e. The minimum atomic E-state index is -0.994. The number of nitrogens with one attached hydrogen (secondary N) is 2. The molecule has 2 aromatic rings. The molecule has 2 aromatic heterocycles. The van der Waals surface area contributed by atoms with Gasteiger partial charge in [-0.15, -0.1) is 11.3 Å². The molecule has 0 unspecified atom stereocenters. The number of amides is 2. The summed E-state index contributed by atoms with van der Waals surface area (Å²) >= 11 is 1.49. The molecular formula is C12H13N5O3S. The molecule has 1 aliphatic rings. The number of carbonyl (C=O) groups is 2. The topological polar surface area (TPSA) is 109 Å². The van der Waals surface area contributed by atoms with Crippen molar-refractivity contribution in [3.05, 3.63) is 23.0 Å². The van der Waals surface area contributed by atoms with Crippen LogP contribution in [0.2, 0.25) is 0 Å². The Balaban J connectivity index is 1.58. The van der Waals surface area contributed by atoms with Gasteiger partial charge in [-0.25, -0.2) is 9.78 Å². The predicted octanol–water partition coefficient (Wildman–Crippen LogP) is 1.56. The Hall–Kier alpha value is -2.42. The maximum absolute atomic E-state index is 11.8. The van der Waals surface area contributed by atoms with Crippen molar-refractivity contribution in [3.8, 4) is 0 Å². The highest BCUT2D eigenvalue weighted by Crippen LogP contribution is 2.30. The molecule has 0 aromatic carbocycles. The second kappa shape index (κ2) is 5.52. The van der Waals surface area contributed by atoms with Gasteiger partial charge in [-0.2, -0.15) is 5.10 Å². The maximum Gasteiger partial charge on any atom is 0.325 e. The van der Waals surface area contributed by atoms with Crippen LogP contribution >= 0.6 is 11.3 Å². The average Bonchev–Trinajstić information content (AvgIpc) is 3.04. The van der Waals surface area contributed by atoms with E-state index in [1.165, 1.54) is 33.3 Å². The average molecular weight is 307 g/mol. The third-order valence-electron chi connectivity index (χ3n) is 3.00. The monoisotopic (exact) mass is 307 g/mol. The smallest absolute Gasteiger partial charge is 0.325 e. The summed E-state index contributed by atoms with van der Waals surface area (Å²) in [4.78, 5) is 28.0. The fourth-order valence-corrected chi connectivity index (χ4v) is 3.20. The molecule has 110 valence electrons. The highest BCUT2D eigenvalue weighted by atomic mass is 32.1. The third kappa shape index (κ3) is 3.19. The SMILES string of the molecule is O=C(O)Cn1cc(NC(=O)Nc2nc3c(s2)CCC3)cn1. The lowest BCUT2D eigenvalue weighted by atomic mass is 10.4. The van der Waals surface area contributed by atoms with Crippen LogP contribution < -0.4 is 10.6 Å². The molecule has 3 N–H and O–H groups in total. The summed E-state index contributed by atoms with van der Waals surface area (Å²) < 4.78 is 1.23. The van der Waals surface area contributed by atoms with Gasteiger partial charge < -0.3 is 10.4 Å². The number of carbonyl (C=O) groups excluding carboxylic acids is 1. The molecule has 0 saturated heterocycles. The highest BCUT2D eigenvalue weighted by Gasteiger charge is 2.17. The molecule has 0 radical (unpaired) electrons. The zero-order valence-corrected chi connectivity index (χ0v) is 11.8. The number of carboxylic acid groups (broad SMARTS) is 1. The normalized spacial score (nSPS) is 13.0. The van der Waals surface area contributed by atoms with Crippen molar-refractivity contribution < 1.29 is 14.7 Å². The van der Waals surface area contributed by atoms with Gasteiger partial charge in [-0.3, -0.25) is 14.8 Å². The van der Waals surface area contributed by atoms with E-state index in [-0.39, 0.29) is 6.54 Å². The number of rotatable bonds is 4. The van der Waals surface area contributed by atoms with Gasteiger partial charge in [0.15, 0.2) is 5.13 Å². The van der Waals surface area contributed by atoms with Crippen molar-refractivity contribution in [2.45, 2.75) is 25.8 Å². The van der Waals surface area contributed by atoms with Crippen LogP contribution in [0.4, 0.5) is 15.6 Å². The molecule has 1 aliphatic carbocycles. The van der Waals surface area contributed by atoms with E-state index >= 15 is 0 Å². The van der Waals surface area contributed by atoms with E-state index in [0.29, 0.717) is 10.8 Å². The van der Waals surface area contributed by atoms with Crippen molar-refractivity contribution in [2.24, 2.45) is 0 Å². The van der Waals surface area contributed by atoms with Gasteiger partial charge in [0.25, 0.3) is 0 Å². The quantitative estimate of drug-likeness (QED) is 0.794. The molecule has 0 bridgehead atoms. The number of aryl methyl sites for hydroxylation is 2. The number of anilines is 2. The van der Waals surface area contributed by atoms with Crippen LogP contribution in [0.3, 0.4) is 0 Å². The van der Waals surface area contributed by atoms with Crippen molar-refractivity contribution in [2.75, 3.05) is 10.6 Å². The first kappa shape index (κ1) is 13.6. The number of carboxylic acids is 1. The molecule has 9 heteroatoms. The molecule has 3 rings (SSSR count). The van der Waals surface area contributed by atoms with Gasteiger partial charge >= 0.3 is 12.0 Å². The van der Waals surface area contributed by atoms with Crippen LogP contribution in [-0.4, -0.2) is 31.9 Å². The molecule has 0 saturated carbocycles. The fraction of sp³-hybridized carbons (Fsp3) is 0.333. The van der Waals surface area contributed by atoms with E-state index in [9.17, 15) is 9.59 Å². The molecule has 0 spiro atoms. The number of hydrogen-bond acceptors (Lipinski definition) is 5. The van der Waals surface area contributed by atoms with E-state index in [2.05, 4.69) is 20.7 Å². The maximum atomic E-state index is 11.8. The fourth-order valence-electron chi connectivity index (χ4n) is 2.16. The zero-order chi connectivity index (χ0) is 14.8. The summed E-state index contributed by atoms with van der Waals surface area (Å²) in [5.74, 6) is -0.994. The van der Waals surface area contributed by atoms with Crippen LogP contribution in [-0.2, 0) is 24.2 Å². The van der Waals surface area contributed by atoms with Gasteiger partial charge in [0.2, 0.25) is 0 Å². The molecule has 2 heterocycles. The standard InChI is InChI=1S/C12H13N5O3S/c18-10(19)6-17-5-7(4-13-17)14-11(20)16-12-15-8-2-1-3-9(8)21-12/h4-5H,1-3,6H2,(H,18,19)(H2,14,15,16,20). The Morgan fingerprint density at radius 1 is 1.38 bits per heavy atom. The molecule has 2 amide bonds. The lowest BCUT2D eigenvalue weighted by Crippen LogP contribution is -2.19. The Labute approximate surface area is 123 Å². The molecule has 21 heavy (non-hydrogen) atoms. The van der Waals surface area contributed by atoms with E-state index in [1.807, 2.05) is 0 Å². The Bertz CT molecular complexity index is 671. The number of hydrogen-bond donors (Lipinski definition) is 3. The van der Waals surface area contributed by atoms with Crippen LogP contribution in [0, 0.1) is 0 Å². The Morgan fingerprint density at radius 3 is 3.00 bits per heavy atom. The summed E-state index contributed by atoms with van der Waals surface area (Å²) in [6.07, 6.45) is 5.97. The van der Waals surface area contributed by atoms with Crippen molar-refractivity contribution in [1.82, 2.24) is 14.8 Å². The van der Waals surface area contributed by atoms with Crippen LogP contribution in [0.15, 0.2) is 12.4 Å². The Morgan fingerprint density at radius 2 is 2.24 bits per heavy atom. The first-order chi connectivity index (χ1) is 10.1. The highest BCUT2D eigenvalue weighted by molar-refractivity contribution is 7.15. The Kier molecular flexibility index (Phi) is 3.57. The predicted molar refractivity (Wildman–Crippen MR) is 76.6 cm³/mol. The largest absolute Gasteiger partial charge is 0.480 e. The number of aromatic nitrogens is 3. The number of nitrogens with zero attached hydrogens (tertiary/aromatic N) is 3. The summed E-state index contributed by atoms with van der Waals surface area (Å²) in [7, 11) is 0. The second-order valence-corrected chi connectivity index (χ2v) is 5.73. The summed E-state index contributed by atoms with van der Waals surface area (Å²) in [5, 5.41) is 18.3. The van der Waals surface area contributed by atoms with Gasteiger partial charge in [-0.1, -0.05) is 0 Å². The van der Waals surface area contributed by atoms with E-state index < -0.39 is 12.0 Å². The van der Waals surface area contributed by atoms with Gasteiger partial charge in [0, 0.05) is 11.1 Å². The van der Waals surface area contributed by atoms with Gasteiger partial charge in [0.05, 0.1) is 17.6 Å². The third-order valence-corrected chi connectivity index (χ3v) is 4.08. The number of thiazole rings is 1. The number of fused-ring (bicyclic) bond motifs is 1. The first-order valence-electron chi connectivity index (χ1n) is 6.41. The number of urea groups is 1. The van der Waals surface area contributed by atoms with E-state index in [1.54, 1.807) is 0 Å². The summed E-state index contributed by atoms with van der Waals surface area (Å²) in [6.45, 7) is -0.248. The van der Waals surface area contributed by atoms with Gasteiger partial charge in [0.1, 0.15) is 6.54 Å². The molecule has 8 nitrogen and oxygen atoms in total. The van der Waals surface area contributed by atoms with Crippen LogP contribution in [0.25, 0.3) is 0 Å². The lowest BCUT2D eigenvalue weighted by Gasteiger charge is -2.02. The van der Waals surface area contributed by atoms with Crippen molar-refractivity contribution >= 4 is 34.2 Å². The molecular weight excluding hydrogens is 294 g/mol. The lowest BCUT2D eigenvalue weighted by molar-refractivity contribution is -0.137. The number of aliphatic carboxylic acids is 1. The molecule has 0 atom stereocenters. The summed E-state index contributed by atoms with van der Waals surface area (Å²) in [5.41, 5.74) is 1.50. The van der Waals surface area contributed by atoms with Crippen molar-refractivity contribution in [3.63, 3.8) is 0 Å². The molecule has 0 aliphatic heterocycles. The zero-order valence-electron chi connectivity index (χ0n) is 11.0. The molecule has 0 fully saturated rings. The van der Waals surface area contributed by atoms with Gasteiger partial charge in [-0.05, 0) is 19.3 Å². The van der Waals surface area contributed by atoms with E-state index in [0.717, 1.165) is 25.0 Å². The van der Waals surface area contributed by atoms with Crippen LogP contribution in [0.1, 0.15) is 17.0 Å². The van der Waals surface area contributed by atoms with E-state index in [4.69, 9.17) is 5.11 Å². The first-order valence-corrected chi connectivity index (χ1v) is 7.22. The minimum absolute atomic E-state index is 0.248. The van der Waals surface area contributed by atoms with Crippen molar-refractivity contribution in [1.29, 1.82) is 0 Å². The summed E-state index contributed by atoms with van der Waals surface area (Å²) in [6, 6.07) is -0.419.